The number of amides is 1. The van der Waals surface area contributed by atoms with E-state index in [1.807, 2.05) is 4.90 Å². The van der Waals surface area contributed by atoms with Gasteiger partial charge in [0.15, 0.2) is 0 Å². The molecule has 34 heavy (non-hydrogen) atoms. The van der Waals surface area contributed by atoms with Crippen molar-refractivity contribution in [1.29, 1.82) is 0 Å². The normalized spacial score (nSPS) is 18.7. The van der Waals surface area contributed by atoms with Crippen LogP contribution < -0.4 is 0 Å². The molecule has 0 spiro atoms. The van der Waals surface area contributed by atoms with E-state index < -0.39 is 26.6 Å². The van der Waals surface area contributed by atoms with Crippen molar-refractivity contribution in [2.75, 3.05) is 13.1 Å². The van der Waals surface area contributed by atoms with Gasteiger partial charge in [0.1, 0.15) is 22.3 Å². The number of hydrogen-bond acceptors (Lipinski definition) is 3. The molecule has 2 aromatic rings. The number of carbonyl (C=O) groups is 1. The number of carbonyl (C=O) groups excluding carboxylic acids is 1. The maximum Gasteiger partial charge on any atom is 0.246 e. The molecule has 0 aromatic heterocycles. The third-order valence-corrected chi connectivity index (χ3v) is 8.79. The van der Waals surface area contributed by atoms with E-state index in [0.29, 0.717) is 25.5 Å². The number of halogens is 3. The summed E-state index contributed by atoms with van der Waals surface area (Å²) in [6.45, 7) is 0.504. The number of nitrogens with zero attached hydrogens (tertiary/aromatic N) is 2. The lowest BCUT2D eigenvalue weighted by molar-refractivity contribution is -0.140. The van der Waals surface area contributed by atoms with Crippen LogP contribution in [-0.4, -0.2) is 42.7 Å². The Morgan fingerprint density at radius 2 is 1.50 bits per heavy atom. The molecule has 5 nitrogen and oxygen atoms in total. The summed E-state index contributed by atoms with van der Waals surface area (Å²) in [5, 5.41) is 0. The number of rotatable bonds is 6. The minimum atomic E-state index is -4.20. The van der Waals surface area contributed by atoms with Crippen LogP contribution in [-0.2, 0) is 21.4 Å². The highest BCUT2D eigenvalue weighted by Gasteiger charge is 2.37. The molecule has 0 atom stereocenters. The molecule has 1 saturated carbocycles. The SMILES string of the molecule is O=C(C1CCN(S(=O)(=O)c2cc(F)ccc2F)CC1)N(Cc1ccc(F)cc1)C1CCCCC1. The zero-order valence-electron chi connectivity index (χ0n) is 18.9. The quantitative estimate of drug-likeness (QED) is 0.576. The molecule has 1 saturated heterocycles. The fraction of sp³-hybridized carbons (Fsp3) is 0.480. The second-order valence-corrected chi connectivity index (χ2v) is 11.0. The van der Waals surface area contributed by atoms with Gasteiger partial charge in [-0.15, -0.1) is 0 Å². The van der Waals surface area contributed by atoms with E-state index in [-0.39, 0.29) is 36.8 Å². The van der Waals surface area contributed by atoms with Crippen LogP contribution in [0.3, 0.4) is 0 Å². The van der Waals surface area contributed by atoms with Gasteiger partial charge in [-0.25, -0.2) is 21.6 Å². The summed E-state index contributed by atoms with van der Waals surface area (Å²) in [4.78, 5) is 14.8. The summed E-state index contributed by atoms with van der Waals surface area (Å²) in [6, 6.07) is 8.60. The lowest BCUT2D eigenvalue weighted by Gasteiger charge is -2.39. The van der Waals surface area contributed by atoms with E-state index in [4.69, 9.17) is 0 Å². The van der Waals surface area contributed by atoms with Crippen LogP contribution in [0.25, 0.3) is 0 Å². The van der Waals surface area contributed by atoms with Gasteiger partial charge in [0.25, 0.3) is 0 Å². The van der Waals surface area contributed by atoms with Crippen LogP contribution in [0.2, 0.25) is 0 Å². The molecule has 0 N–H and O–H groups in total. The second-order valence-electron chi connectivity index (χ2n) is 9.14. The van der Waals surface area contributed by atoms with Crippen LogP contribution in [0.4, 0.5) is 13.2 Å². The Balaban J connectivity index is 1.47. The lowest BCUT2D eigenvalue weighted by atomic mass is 9.90. The molecule has 184 valence electrons. The monoisotopic (exact) mass is 494 g/mol. The zero-order valence-corrected chi connectivity index (χ0v) is 19.7. The molecule has 1 heterocycles. The average Bonchev–Trinajstić information content (AvgIpc) is 2.85. The molecule has 2 aliphatic rings. The lowest BCUT2D eigenvalue weighted by Crippen LogP contribution is -2.47. The summed E-state index contributed by atoms with van der Waals surface area (Å²) >= 11 is 0. The molecule has 1 amide bonds. The predicted octanol–water partition coefficient (Wildman–Crippen LogP) is 4.87. The Labute approximate surface area is 198 Å². The van der Waals surface area contributed by atoms with Gasteiger partial charge < -0.3 is 4.90 Å². The van der Waals surface area contributed by atoms with E-state index in [2.05, 4.69) is 0 Å². The highest BCUT2D eigenvalue weighted by Crippen LogP contribution is 2.30. The smallest absolute Gasteiger partial charge is 0.246 e. The van der Waals surface area contributed by atoms with Gasteiger partial charge in [0, 0.05) is 31.6 Å². The topological polar surface area (TPSA) is 57.7 Å². The van der Waals surface area contributed by atoms with Gasteiger partial charge in [-0.2, -0.15) is 4.31 Å². The molecule has 1 aliphatic carbocycles. The van der Waals surface area contributed by atoms with E-state index in [0.717, 1.165) is 54.1 Å². The molecule has 1 aliphatic heterocycles. The fourth-order valence-electron chi connectivity index (χ4n) is 4.96. The Hall–Kier alpha value is -2.39. The molecule has 0 radical (unpaired) electrons. The number of piperidine rings is 1. The highest BCUT2D eigenvalue weighted by molar-refractivity contribution is 7.89. The molecule has 0 unspecified atom stereocenters. The first-order valence-corrected chi connectivity index (χ1v) is 13.2. The molecular formula is C25H29F3N2O3S. The zero-order chi connectivity index (χ0) is 24.3. The van der Waals surface area contributed by atoms with E-state index in [1.54, 1.807) is 12.1 Å². The third kappa shape index (κ3) is 5.46. The van der Waals surface area contributed by atoms with Gasteiger partial charge in [-0.1, -0.05) is 31.4 Å². The first-order chi connectivity index (χ1) is 16.3. The minimum absolute atomic E-state index is 0.0230. The molecular weight excluding hydrogens is 465 g/mol. The highest BCUT2D eigenvalue weighted by atomic mass is 32.2. The largest absolute Gasteiger partial charge is 0.335 e. The van der Waals surface area contributed by atoms with Crippen LogP contribution in [0.15, 0.2) is 47.4 Å². The van der Waals surface area contributed by atoms with Crippen molar-refractivity contribution in [3.63, 3.8) is 0 Å². The van der Waals surface area contributed by atoms with E-state index in [9.17, 15) is 26.4 Å². The maximum atomic E-state index is 14.1. The summed E-state index contributed by atoms with van der Waals surface area (Å²) in [6.07, 6.45) is 5.69. The summed E-state index contributed by atoms with van der Waals surface area (Å²) in [5.74, 6) is -2.53. The van der Waals surface area contributed by atoms with Crippen molar-refractivity contribution in [3.8, 4) is 0 Å². The van der Waals surface area contributed by atoms with Gasteiger partial charge in [-0.05, 0) is 61.6 Å². The van der Waals surface area contributed by atoms with Crippen molar-refractivity contribution >= 4 is 15.9 Å². The van der Waals surface area contributed by atoms with Gasteiger partial charge in [-0.3, -0.25) is 4.79 Å². The minimum Gasteiger partial charge on any atom is -0.335 e. The first-order valence-electron chi connectivity index (χ1n) is 11.8. The fourth-order valence-corrected chi connectivity index (χ4v) is 6.50. The molecule has 2 fully saturated rings. The Morgan fingerprint density at radius 1 is 0.882 bits per heavy atom. The summed E-state index contributed by atoms with van der Waals surface area (Å²) < 4.78 is 67.9. The van der Waals surface area contributed by atoms with Crippen LogP contribution >= 0.6 is 0 Å². The molecule has 4 rings (SSSR count). The second kappa shape index (κ2) is 10.5. The van der Waals surface area contributed by atoms with Crippen molar-refractivity contribution in [1.82, 2.24) is 9.21 Å². The van der Waals surface area contributed by atoms with Gasteiger partial charge in [0.05, 0.1) is 0 Å². The summed E-state index contributed by atoms with van der Waals surface area (Å²) in [5.41, 5.74) is 0.849. The van der Waals surface area contributed by atoms with Gasteiger partial charge >= 0.3 is 0 Å². The average molecular weight is 495 g/mol. The molecule has 2 aromatic carbocycles. The first kappa shape index (κ1) is 24.7. The third-order valence-electron chi connectivity index (χ3n) is 6.88. The predicted molar refractivity (Wildman–Crippen MR) is 122 cm³/mol. The van der Waals surface area contributed by atoms with Crippen LogP contribution in [0, 0.1) is 23.4 Å². The van der Waals surface area contributed by atoms with Crippen molar-refractivity contribution in [2.45, 2.75) is 62.4 Å². The van der Waals surface area contributed by atoms with Gasteiger partial charge in [0.2, 0.25) is 15.9 Å². The van der Waals surface area contributed by atoms with Crippen molar-refractivity contribution in [3.05, 3.63) is 65.5 Å². The van der Waals surface area contributed by atoms with E-state index >= 15 is 0 Å². The Bertz CT molecular complexity index is 1110. The van der Waals surface area contributed by atoms with Crippen LogP contribution in [0.5, 0.6) is 0 Å². The molecule has 9 heteroatoms. The van der Waals surface area contributed by atoms with E-state index in [1.165, 1.54) is 12.1 Å². The number of hydrogen-bond donors (Lipinski definition) is 0. The number of sulfonamides is 1. The van der Waals surface area contributed by atoms with Crippen LogP contribution in [0.1, 0.15) is 50.5 Å². The Kier molecular flexibility index (Phi) is 7.62. The summed E-state index contributed by atoms with van der Waals surface area (Å²) in [7, 11) is -4.20. The Morgan fingerprint density at radius 3 is 2.15 bits per heavy atom. The van der Waals surface area contributed by atoms with Crippen molar-refractivity contribution in [2.24, 2.45) is 5.92 Å². The molecule has 0 bridgehead atoms. The van der Waals surface area contributed by atoms with Crippen molar-refractivity contribution < 1.29 is 26.4 Å². The maximum absolute atomic E-state index is 14.1. The standard InChI is InChI=1S/C25H29F3N2O3S/c26-20-8-6-18(7-9-20)17-30(22-4-2-1-3-5-22)25(31)19-12-14-29(15-13-19)34(32,33)24-16-21(27)10-11-23(24)28/h6-11,16,19,22H,1-5,12-15,17H2. The number of benzene rings is 2.